The van der Waals surface area contributed by atoms with E-state index < -0.39 is 0 Å². The second-order valence-electron chi connectivity index (χ2n) is 5.11. The first-order valence-corrected chi connectivity index (χ1v) is 5.98. The van der Waals surface area contributed by atoms with Gasteiger partial charge in [0.15, 0.2) is 5.78 Å². The summed E-state index contributed by atoms with van der Waals surface area (Å²) in [4.78, 5) is 11.8. The van der Waals surface area contributed by atoms with E-state index in [1.54, 1.807) is 6.07 Å². The number of hydrogen-bond acceptors (Lipinski definition) is 3. The predicted octanol–water partition coefficient (Wildman–Crippen LogP) is 2.36. The molecule has 0 amide bonds. The zero-order valence-corrected chi connectivity index (χ0v) is 10.3. The summed E-state index contributed by atoms with van der Waals surface area (Å²) in [6, 6.07) is 5.60. The van der Waals surface area contributed by atoms with E-state index in [0.29, 0.717) is 12.8 Å². The lowest BCUT2D eigenvalue weighted by molar-refractivity contribution is 0.0971. The van der Waals surface area contributed by atoms with Gasteiger partial charge < -0.3 is 9.84 Å². The molecule has 0 radical (unpaired) electrons. The van der Waals surface area contributed by atoms with Crippen LogP contribution < -0.4 is 4.74 Å². The molecule has 1 aromatic rings. The lowest BCUT2D eigenvalue weighted by Gasteiger charge is -2.16. The summed E-state index contributed by atoms with van der Waals surface area (Å²) in [5.74, 6) is 0.972. The Morgan fingerprint density at radius 1 is 1.47 bits per heavy atom. The monoisotopic (exact) mass is 234 g/mol. The fraction of sp³-hybridized carbons (Fsp3) is 0.500. The second kappa shape index (κ2) is 4.49. The highest BCUT2D eigenvalue weighted by Crippen LogP contribution is 2.35. The molecule has 1 N–H and O–H groups in total. The van der Waals surface area contributed by atoms with E-state index in [1.165, 1.54) is 0 Å². The topological polar surface area (TPSA) is 46.5 Å². The lowest BCUT2D eigenvalue weighted by atomic mass is 9.98. The number of carbonyl (C=O) groups excluding carboxylic acids is 1. The van der Waals surface area contributed by atoms with Crippen molar-refractivity contribution in [2.45, 2.75) is 38.7 Å². The van der Waals surface area contributed by atoms with E-state index in [-0.39, 0.29) is 18.0 Å². The third-order valence-corrected chi connectivity index (χ3v) is 2.95. The van der Waals surface area contributed by atoms with E-state index in [2.05, 4.69) is 0 Å². The number of carbonyl (C=O) groups is 1. The van der Waals surface area contributed by atoms with Crippen LogP contribution in [0.5, 0.6) is 5.75 Å². The highest BCUT2D eigenvalue weighted by Gasteiger charge is 2.30. The Balaban J connectivity index is 2.16. The van der Waals surface area contributed by atoms with Crippen LogP contribution in [0.15, 0.2) is 18.2 Å². The maximum Gasteiger partial charge on any atom is 0.162 e. The first-order chi connectivity index (χ1) is 8.02. The van der Waals surface area contributed by atoms with E-state index in [4.69, 9.17) is 9.84 Å². The van der Waals surface area contributed by atoms with Crippen LogP contribution in [0.4, 0.5) is 0 Å². The molecule has 3 heteroatoms. The van der Waals surface area contributed by atoms with Crippen molar-refractivity contribution < 1.29 is 14.6 Å². The molecular formula is C14H18O3. The molecule has 92 valence electrons. The molecule has 1 aromatic carbocycles. The summed E-state index contributed by atoms with van der Waals surface area (Å²) >= 11 is 0. The summed E-state index contributed by atoms with van der Waals surface area (Å²) in [5, 5.41) is 8.71. The van der Waals surface area contributed by atoms with Crippen LogP contribution in [0.2, 0.25) is 0 Å². The average Bonchev–Trinajstić information content (AvgIpc) is 2.58. The number of hydrogen-bond donors (Lipinski definition) is 1. The Labute approximate surface area is 101 Å². The smallest absolute Gasteiger partial charge is 0.162 e. The minimum atomic E-state index is -0.172. The second-order valence-corrected chi connectivity index (χ2v) is 5.11. The van der Waals surface area contributed by atoms with Crippen molar-refractivity contribution in [3.8, 4) is 5.75 Å². The Kier molecular flexibility index (Phi) is 3.20. The number of aliphatic hydroxyl groups excluding tert-OH is 1. The van der Waals surface area contributed by atoms with Gasteiger partial charge in [-0.3, -0.25) is 4.79 Å². The molecule has 0 saturated carbocycles. The van der Waals surface area contributed by atoms with Crippen LogP contribution in [-0.2, 0) is 6.42 Å². The minimum absolute atomic E-state index is 0.0623. The third-order valence-electron chi connectivity index (χ3n) is 2.95. The number of benzene rings is 1. The maximum absolute atomic E-state index is 11.8. The SMILES string of the molecule is CC1(C)Cc2cc(C(=O)CCCO)ccc2O1. The van der Waals surface area contributed by atoms with Crippen LogP contribution >= 0.6 is 0 Å². The highest BCUT2D eigenvalue weighted by atomic mass is 16.5. The predicted molar refractivity (Wildman–Crippen MR) is 65.5 cm³/mol. The van der Waals surface area contributed by atoms with E-state index in [9.17, 15) is 4.79 Å². The number of ketones is 1. The summed E-state index contributed by atoms with van der Waals surface area (Å²) in [7, 11) is 0. The Morgan fingerprint density at radius 2 is 2.24 bits per heavy atom. The fourth-order valence-corrected chi connectivity index (χ4v) is 2.17. The van der Waals surface area contributed by atoms with Crippen LogP contribution in [0, 0.1) is 0 Å². The fourth-order valence-electron chi connectivity index (χ4n) is 2.17. The number of aliphatic hydroxyl groups is 1. The third kappa shape index (κ3) is 2.67. The van der Waals surface area contributed by atoms with Crippen LogP contribution in [0.3, 0.4) is 0 Å². The summed E-state index contributed by atoms with van der Waals surface area (Å²) in [6.07, 6.45) is 1.76. The molecule has 0 aliphatic carbocycles. The van der Waals surface area contributed by atoms with E-state index in [0.717, 1.165) is 23.3 Å². The molecule has 3 nitrogen and oxygen atoms in total. The van der Waals surface area contributed by atoms with Gasteiger partial charge in [-0.1, -0.05) is 0 Å². The molecule has 0 saturated heterocycles. The molecular weight excluding hydrogens is 216 g/mol. The van der Waals surface area contributed by atoms with Crippen molar-refractivity contribution >= 4 is 5.78 Å². The van der Waals surface area contributed by atoms with Gasteiger partial charge in [0.2, 0.25) is 0 Å². The molecule has 1 aliphatic rings. The molecule has 1 heterocycles. The van der Waals surface area contributed by atoms with Gasteiger partial charge in [0.1, 0.15) is 11.4 Å². The van der Waals surface area contributed by atoms with Crippen LogP contribution in [-0.4, -0.2) is 23.1 Å². The Morgan fingerprint density at radius 3 is 2.94 bits per heavy atom. The van der Waals surface area contributed by atoms with Crippen molar-refractivity contribution in [1.82, 2.24) is 0 Å². The van der Waals surface area contributed by atoms with Gasteiger partial charge >= 0.3 is 0 Å². The van der Waals surface area contributed by atoms with Crippen molar-refractivity contribution in [2.75, 3.05) is 6.61 Å². The largest absolute Gasteiger partial charge is 0.487 e. The standard InChI is InChI=1S/C14H18O3/c1-14(2)9-11-8-10(5-6-13(11)17-14)12(16)4-3-7-15/h5-6,8,15H,3-4,7,9H2,1-2H3. The molecule has 0 fully saturated rings. The number of rotatable bonds is 4. The molecule has 0 bridgehead atoms. The Bertz CT molecular complexity index is 435. The molecule has 0 aromatic heterocycles. The average molecular weight is 234 g/mol. The number of fused-ring (bicyclic) bond motifs is 1. The van der Waals surface area contributed by atoms with Gasteiger partial charge in [-0.05, 0) is 44.0 Å². The zero-order valence-electron chi connectivity index (χ0n) is 10.3. The molecule has 0 atom stereocenters. The number of ether oxygens (including phenoxy) is 1. The van der Waals surface area contributed by atoms with Crippen molar-refractivity contribution in [1.29, 1.82) is 0 Å². The Hall–Kier alpha value is -1.35. The highest BCUT2D eigenvalue weighted by molar-refractivity contribution is 5.96. The van der Waals surface area contributed by atoms with Crippen LogP contribution in [0.1, 0.15) is 42.6 Å². The van der Waals surface area contributed by atoms with Gasteiger partial charge in [-0.2, -0.15) is 0 Å². The molecule has 0 spiro atoms. The van der Waals surface area contributed by atoms with Gasteiger partial charge in [0, 0.05) is 25.0 Å². The molecule has 2 rings (SSSR count). The molecule has 1 aliphatic heterocycles. The van der Waals surface area contributed by atoms with Crippen molar-refractivity contribution in [2.24, 2.45) is 0 Å². The molecule has 17 heavy (non-hydrogen) atoms. The minimum Gasteiger partial charge on any atom is -0.487 e. The lowest BCUT2D eigenvalue weighted by Crippen LogP contribution is -2.24. The molecule has 0 unspecified atom stereocenters. The normalized spacial score (nSPS) is 16.4. The first-order valence-electron chi connectivity index (χ1n) is 5.98. The van der Waals surface area contributed by atoms with Crippen LogP contribution in [0.25, 0.3) is 0 Å². The maximum atomic E-state index is 11.8. The number of Topliss-reactive ketones (excluding diaryl/α,β-unsaturated/α-hetero) is 1. The van der Waals surface area contributed by atoms with Gasteiger partial charge in [-0.25, -0.2) is 0 Å². The van der Waals surface area contributed by atoms with Crippen molar-refractivity contribution in [3.63, 3.8) is 0 Å². The van der Waals surface area contributed by atoms with Gasteiger partial charge in [0.05, 0.1) is 0 Å². The van der Waals surface area contributed by atoms with Gasteiger partial charge in [0.25, 0.3) is 0 Å². The first kappa shape index (κ1) is 12.1. The van der Waals surface area contributed by atoms with E-state index >= 15 is 0 Å². The summed E-state index contributed by atoms with van der Waals surface area (Å²) < 4.78 is 5.76. The summed E-state index contributed by atoms with van der Waals surface area (Å²) in [6.45, 7) is 4.15. The van der Waals surface area contributed by atoms with Crippen molar-refractivity contribution in [3.05, 3.63) is 29.3 Å². The van der Waals surface area contributed by atoms with Gasteiger partial charge in [-0.15, -0.1) is 0 Å². The van der Waals surface area contributed by atoms with E-state index in [1.807, 2.05) is 26.0 Å². The summed E-state index contributed by atoms with van der Waals surface area (Å²) in [5.41, 5.74) is 1.65. The quantitative estimate of drug-likeness (QED) is 0.813. The zero-order chi connectivity index (χ0) is 12.5.